The number of ether oxygens (including phenoxy) is 1. The van der Waals surface area contributed by atoms with Gasteiger partial charge in [-0.2, -0.15) is 0 Å². The molecule has 1 aromatic heterocycles. The van der Waals surface area contributed by atoms with E-state index in [0.29, 0.717) is 29.3 Å². The highest BCUT2D eigenvalue weighted by molar-refractivity contribution is 7.15. The van der Waals surface area contributed by atoms with Crippen LogP contribution >= 0.6 is 11.3 Å². The largest absolute Gasteiger partial charge is 0.493 e. The third-order valence-electron chi connectivity index (χ3n) is 2.28. The Kier molecular flexibility index (Phi) is 4.57. The predicted octanol–water partition coefficient (Wildman–Crippen LogP) is 3.13. The van der Waals surface area contributed by atoms with Gasteiger partial charge in [0.2, 0.25) is 5.13 Å². The van der Waals surface area contributed by atoms with Gasteiger partial charge in [-0.15, -0.1) is 10.2 Å². The summed E-state index contributed by atoms with van der Waals surface area (Å²) in [5.41, 5.74) is 0.308. The van der Waals surface area contributed by atoms with Gasteiger partial charge in [-0.05, 0) is 19.1 Å². The van der Waals surface area contributed by atoms with E-state index in [4.69, 9.17) is 4.74 Å². The molecular formula is C12H11F2N3O2S. The first-order chi connectivity index (χ1) is 9.61. The SMILES string of the molecule is CCOc1ccccc1C(=O)Nc1nnc(C(F)F)s1. The average molecular weight is 299 g/mol. The van der Waals surface area contributed by atoms with Crippen molar-refractivity contribution >= 4 is 22.4 Å². The minimum atomic E-state index is -2.70. The molecule has 0 unspecified atom stereocenters. The number of carbonyl (C=O) groups excluding carboxylic acids is 1. The molecule has 20 heavy (non-hydrogen) atoms. The molecule has 0 fully saturated rings. The molecule has 0 atom stereocenters. The summed E-state index contributed by atoms with van der Waals surface area (Å²) < 4.78 is 30.1. The summed E-state index contributed by atoms with van der Waals surface area (Å²) in [5.74, 6) is -0.0582. The summed E-state index contributed by atoms with van der Waals surface area (Å²) in [4.78, 5) is 12.0. The fourth-order valence-electron chi connectivity index (χ4n) is 1.47. The summed E-state index contributed by atoms with van der Waals surface area (Å²) >= 11 is 0.638. The predicted molar refractivity (Wildman–Crippen MR) is 70.4 cm³/mol. The van der Waals surface area contributed by atoms with E-state index in [1.54, 1.807) is 31.2 Å². The van der Waals surface area contributed by atoms with Crippen LogP contribution in [0.25, 0.3) is 0 Å². The smallest absolute Gasteiger partial charge is 0.291 e. The van der Waals surface area contributed by atoms with Crippen LogP contribution in [0.1, 0.15) is 28.7 Å². The second kappa shape index (κ2) is 6.38. The van der Waals surface area contributed by atoms with Gasteiger partial charge in [-0.3, -0.25) is 10.1 Å². The van der Waals surface area contributed by atoms with Crippen LogP contribution in [0.4, 0.5) is 13.9 Å². The van der Waals surface area contributed by atoms with Gasteiger partial charge in [-0.1, -0.05) is 23.5 Å². The second-order valence-electron chi connectivity index (χ2n) is 3.63. The Labute approximate surface area is 117 Å². The van der Waals surface area contributed by atoms with Crippen molar-refractivity contribution in [2.75, 3.05) is 11.9 Å². The van der Waals surface area contributed by atoms with Gasteiger partial charge in [0.05, 0.1) is 12.2 Å². The maximum absolute atomic E-state index is 12.4. The van der Waals surface area contributed by atoms with Crippen LogP contribution < -0.4 is 10.1 Å². The van der Waals surface area contributed by atoms with E-state index in [-0.39, 0.29) is 5.13 Å². The number of rotatable bonds is 5. The number of carbonyl (C=O) groups is 1. The van der Waals surface area contributed by atoms with Crippen molar-refractivity contribution in [3.05, 3.63) is 34.8 Å². The Morgan fingerprint density at radius 1 is 1.40 bits per heavy atom. The Morgan fingerprint density at radius 2 is 2.15 bits per heavy atom. The molecule has 1 aromatic carbocycles. The van der Waals surface area contributed by atoms with Crippen molar-refractivity contribution in [2.45, 2.75) is 13.3 Å². The lowest BCUT2D eigenvalue weighted by Gasteiger charge is -2.08. The number of para-hydroxylation sites is 1. The lowest BCUT2D eigenvalue weighted by atomic mass is 10.2. The average Bonchev–Trinajstić information content (AvgIpc) is 2.88. The number of anilines is 1. The number of hydrogen-bond donors (Lipinski definition) is 1. The van der Waals surface area contributed by atoms with Crippen molar-refractivity contribution in [1.29, 1.82) is 0 Å². The van der Waals surface area contributed by atoms with Gasteiger partial charge in [0, 0.05) is 0 Å². The molecule has 5 nitrogen and oxygen atoms in total. The van der Waals surface area contributed by atoms with Crippen molar-refractivity contribution < 1.29 is 18.3 Å². The molecule has 0 aliphatic rings. The van der Waals surface area contributed by atoms with Gasteiger partial charge in [0.25, 0.3) is 12.3 Å². The highest BCUT2D eigenvalue weighted by atomic mass is 32.1. The van der Waals surface area contributed by atoms with Gasteiger partial charge < -0.3 is 4.74 Å². The molecule has 1 amide bonds. The Bertz CT molecular complexity index is 604. The topological polar surface area (TPSA) is 64.1 Å². The van der Waals surface area contributed by atoms with Gasteiger partial charge in [-0.25, -0.2) is 8.78 Å². The molecule has 0 bridgehead atoms. The summed E-state index contributed by atoms with van der Waals surface area (Å²) in [6.45, 7) is 2.22. The van der Waals surface area contributed by atoms with Gasteiger partial charge >= 0.3 is 0 Å². The second-order valence-corrected chi connectivity index (χ2v) is 4.64. The first-order valence-electron chi connectivity index (χ1n) is 5.76. The van der Waals surface area contributed by atoms with Gasteiger partial charge in [0.1, 0.15) is 5.75 Å². The van der Waals surface area contributed by atoms with Crippen molar-refractivity contribution in [3.63, 3.8) is 0 Å². The minimum absolute atomic E-state index is 0.0246. The number of nitrogens with zero attached hydrogens (tertiary/aromatic N) is 2. The molecule has 8 heteroatoms. The first-order valence-corrected chi connectivity index (χ1v) is 6.58. The zero-order chi connectivity index (χ0) is 14.5. The van der Waals surface area contributed by atoms with Crippen LogP contribution in [0, 0.1) is 0 Å². The Hall–Kier alpha value is -2.09. The van der Waals surface area contributed by atoms with Crippen LogP contribution in [-0.4, -0.2) is 22.7 Å². The van der Waals surface area contributed by atoms with Crippen molar-refractivity contribution in [1.82, 2.24) is 10.2 Å². The van der Waals surface area contributed by atoms with E-state index < -0.39 is 17.3 Å². The molecule has 2 aromatic rings. The van der Waals surface area contributed by atoms with Crippen LogP contribution in [0.5, 0.6) is 5.75 Å². The molecule has 0 saturated heterocycles. The summed E-state index contributed by atoms with van der Waals surface area (Å²) in [6.07, 6.45) is -2.70. The molecule has 0 aliphatic heterocycles. The molecule has 1 heterocycles. The summed E-state index contributed by atoms with van der Waals surface area (Å²) in [5, 5.41) is 8.81. The fourth-order valence-corrected chi connectivity index (χ4v) is 2.07. The lowest BCUT2D eigenvalue weighted by molar-refractivity contribution is 0.102. The number of hydrogen-bond acceptors (Lipinski definition) is 5. The number of alkyl halides is 2. The Balaban J connectivity index is 2.15. The van der Waals surface area contributed by atoms with Crippen molar-refractivity contribution in [2.24, 2.45) is 0 Å². The lowest BCUT2D eigenvalue weighted by Crippen LogP contribution is -2.13. The van der Waals surface area contributed by atoms with E-state index in [9.17, 15) is 13.6 Å². The molecule has 1 N–H and O–H groups in total. The molecule has 0 aliphatic carbocycles. The van der Waals surface area contributed by atoms with E-state index >= 15 is 0 Å². The summed E-state index contributed by atoms with van der Waals surface area (Å²) in [6, 6.07) is 6.65. The Morgan fingerprint density at radius 3 is 2.80 bits per heavy atom. The first kappa shape index (κ1) is 14.3. The number of halogens is 2. The zero-order valence-electron chi connectivity index (χ0n) is 10.5. The van der Waals surface area contributed by atoms with Crippen LogP contribution in [0.3, 0.4) is 0 Å². The number of amides is 1. The van der Waals surface area contributed by atoms with Crippen LogP contribution in [0.15, 0.2) is 24.3 Å². The number of nitrogens with one attached hydrogen (secondary N) is 1. The van der Waals surface area contributed by atoms with Crippen LogP contribution in [-0.2, 0) is 0 Å². The third-order valence-corrected chi connectivity index (χ3v) is 3.13. The van der Waals surface area contributed by atoms with E-state index in [0.717, 1.165) is 0 Å². The number of benzene rings is 1. The monoisotopic (exact) mass is 299 g/mol. The quantitative estimate of drug-likeness (QED) is 0.921. The highest BCUT2D eigenvalue weighted by Gasteiger charge is 2.17. The normalized spacial score (nSPS) is 10.6. The van der Waals surface area contributed by atoms with Crippen LogP contribution in [0.2, 0.25) is 0 Å². The summed E-state index contributed by atoms with van der Waals surface area (Å²) in [7, 11) is 0. The number of aromatic nitrogens is 2. The maximum atomic E-state index is 12.4. The minimum Gasteiger partial charge on any atom is -0.493 e. The molecule has 0 spiro atoms. The highest BCUT2D eigenvalue weighted by Crippen LogP contribution is 2.26. The van der Waals surface area contributed by atoms with E-state index in [1.165, 1.54) is 0 Å². The van der Waals surface area contributed by atoms with Crippen molar-refractivity contribution in [3.8, 4) is 5.75 Å². The van der Waals surface area contributed by atoms with E-state index in [1.807, 2.05) is 0 Å². The fraction of sp³-hybridized carbons (Fsp3) is 0.250. The van der Waals surface area contributed by atoms with E-state index in [2.05, 4.69) is 15.5 Å². The standard InChI is InChI=1S/C12H11F2N3O2S/c1-2-19-8-6-4-3-5-7(8)10(18)15-12-17-16-11(20-12)9(13)14/h3-6,9H,2H2,1H3,(H,15,17,18). The molecule has 2 rings (SSSR count). The molecular weight excluding hydrogens is 288 g/mol. The zero-order valence-corrected chi connectivity index (χ0v) is 11.3. The molecule has 106 valence electrons. The molecule has 0 saturated carbocycles. The molecule has 0 radical (unpaired) electrons. The maximum Gasteiger partial charge on any atom is 0.291 e. The third kappa shape index (κ3) is 3.27. The van der Waals surface area contributed by atoms with Gasteiger partial charge in [0.15, 0.2) is 5.01 Å².